The Morgan fingerprint density at radius 3 is 2.76 bits per heavy atom. The zero-order chi connectivity index (χ0) is 15.2. The van der Waals surface area contributed by atoms with Crippen LogP contribution < -0.4 is 10.1 Å². The summed E-state index contributed by atoms with van der Waals surface area (Å²) in [5, 5.41) is 3.35. The summed E-state index contributed by atoms with van der Waals surface area (Å²) in [4.78, 5) is 4.30. The van der Waals surface area contributed by atoms with E-state index in [0.717, 1.165) is 22.2 Å². The second-order valence-electron chi connectivity index (χ2n) is 5.05. The van der Waals surface area contributed by atoms with Crippen molar-refractivity contribution in [1.29, 1.82) is 0 Å². The minimum Gasteiger partial charge on any atom is -0.492 e. The molecule has 0 aliphatic heterocycles. The molecule has 0 aliphatic carbocycles. The number of ether oxygens (including phenoxy) is 1. The van der Waals surface area contributed by atoms with E-state index in [1.807, 2.05) is 13.2 Å². The Hall–Kier alpha value is -1.39. The molecule has 0 saturated carbocycles. The Morgan fingerprint density at radius 2 is 2.10 bits per heavy atom. The smallest absolute Gasteiger partial charge is 0.137 e. The first kappa shape index (κ1) is 16.0. The van der Waals surface area contributed by atoms with E-state index >= 15 is 0 Å². The standard InChI is InChI=1S/C17H21BrN2O/c1-4-7-21-14-9-13(10-20-11-14)17(19-3)15-6-5-12(2)8-16(15)18/h5-6,8-11,17,19H,4,7H2,1-3H3. The minimum atomic E-state index is 0.0812. The van der Waals surface area contributed by atoms with E-state index in [2.05, 4.69) is 64.3 Å². The molecule has 4 heteroatoms. The van der Waals surface area contributed by atoms with Crippen molar-refractivity contribution in [3.8, 4) is 5.75 Å². The average Bonchev–Trinajstić information content (AvgIpc) is 2.48. The molecular weight excluding hydrogens is 328 g/mol. The van der Waals surface area contributed by atoms with Crippen LogP contribution in [0.25, 0.3) is 0 Å². The summed E-state index contributed by atoms with van der Waals surface area (Å²) in [5.74, 6) is 0.817. The van der Waals surface area contributed by atoms with Gasteiger partial charge >= 0.3 is 0 Å². The van der Waals surface area contributed by atoms with Crippen molar-refractivity contribution in [3.05, 3.63) is 57.8 Å². The topological polar surface area (TPSA) is 34.1 Å². The number of nitrogens with one attached hydrogen (secondary N) is 1. The van der Waals surface area contributed by atoms with Gasteiger partial charge in [-0.15, -0.1) is 0 Å². The number of benzene rings is 1. The Bertz CT molecular complexity index is 601. The molecule has 1 unspecified atom stereocenters. The van der Waals surface area contributed by atoms with Gasteiger partial charge in [-0.05, 0) is 49.2 Å². The van der Waals surface area contributed by atoms with Crippen molar-refractivity contribution in [2.45, 2.75) is 26.3 Å². The molecule has 2 aromatic rings. The highest BCUT2D eigenvalue weighted by molar-refractivity contribution is 9.10. The predicted octanol–water partition coefficient (Wildman–Crippen LogP) is 4.25. The molecule has 2 rings (SSSR count). The van der Waals surface area contributed by atoms with Gasteiger partial charge in [-0.1, -0.05) is 35.0 Å². The minimum absolute atomic E-state index is 0.0812. The van der Waals surface area contributed by atoms with Crippen molar-refractivity contribution in [2.24, 2.45) is 0 Å². The third-order valence-corrected chi connectivity index (χ3v) is 3.98. The molecule has 1 atom stereocenters. The molecule has 21 heavy (non-hydrogen) atoms. The fraction of sp³-hybridized carbons (Fsp3) is 0.353. The van der Waals surface area contributed by atoms with Crippen LogP contribution in [0, 0.1) is 6.92 Å². The second kappa shape index (κ2) is 7.57. The maximum absolute atomic E-state index is 5.67. The summed E-state index contributed by atoms with van der Waals surface area (Å²) >= 11 is 3.65. The Kier molecular flexibility index (Phi) is 5.76. The molecule has 112 valence electrons. The van der Waals surface area contributed by atoms with E-state index in [9.17, 15) is 0 Å². The lowest BCUT2D eigenvalue weighted by atomic mass is 9.99. The monoisotopic (exact) mass is 348 g/mol. The molecule has 0 saturated heterocycles. The first-order valence-electron chi connectivity index (χ1n) is 7.16. The second-order valence-corrected chi connectivity index (χ2v) is 5.90. The fourth-order valence-electron chi connectivity index (χ4n) is 2.26. The van der Waals surface area contributed by atoms with Gasteiger partial charge in [-0.3, -0.25) is 4.98 Å². The largest absolute Gasteiger partial charge is 0.492 e. The molecule has 3 nitrogen and oxygen atoms in total. The zero-order valence-electron chi connectivity index (χ0n) is 12.7. The van der Waals surface area contributed by atoms with E-state index in [1.54, 1.807) is 6.20 Å². The van der Waals surface area contributed by atoms with E-state index in [1.165, 1.54) is 11.1 Å². The first-order chi connectivity index (χ1) is 10.2. The third kappa shape index (κ3) is 4.05. The highest BCUT2D eigenvalue weighted by Crippen LogP contribution is 2.30. The van der Waals surface area contributed by atoms with Crippen LogP contribution >= 0.6 is 15.9 Å². The maximum atomic E-state index is 5.67. The quantitative estimate of drug-likeness (QED) is 0.847. The first-order valence-corrected chi connectivity index (χ1v) is 7.96. The molecular formula is C17H21BrN2O. The predicted molar refractivity (Wildman–Crippen MR) is 89.8 cm³/mol. The molecule has 1 aromatic heterocycles. The molecule has 0 spiro atoms. The third-order valence-electron chi connectivity index (χ3n) is 3.30. The molecule has 1 N–H and O–H groups in total. The van der Waals surface area contributed by atoms with E-state index in [-0.39, 0.29) is 6.04 Å². The molecule has 0 bridgehead atoms. The van der Waals surface area contributed by atoms with Gasteiger partial charge < -0.3 is 10.1 Å². The SMILES string of the molecule is CCCOc1cncc(C(NC)c2ccc(C)cc2Br)c1. The number of rotatable bonds is 6. The normalized spacial score (nSPS) is 12.2. The van der Waals surface area contributed by atoms with Gasteiger partial charge in [-0.2, -0.15) is 0 Å². The van der Waals surface area contributed by atoms with Crippen LogP contribution in [-0.4, -0.2) is 18.6 Å². The van der Waals surface area contributed by atoms with Crippen LogP contribution in [0.3, 0.4) is 0 Å². The van der Waals surface area contributed by atoms with Crippen molar-refractivity contribution in [1.82, 2.24) is 10.3 Å². The summed E-state index contributed by atoms with van der Waals surface area (Å²) in [5.41, 5.74) is 3.52. The van der Waals surface area contributed by atoms with Crippen LogP contribution in [0.15, 0.2) is 41.1 Å². The summed E-state index contributed by atoms with van der Waals surface area (Å²) in [6.45, 7) is 4.89. The summed E-state index contributed by atoms with van der Waals surface area (Å²) in [6.07, 6.45) is 4.63. The van der Waals surface area contributed by atoms with Crippen molar-refractivity contribution in [2.75, 3.05) is 13.7 Å². The lowest BCUT2D eigenvalue weighted by molar-refractivity contribution is 0.315. The van der Waals surface area contributed by atoms with E-state index in [0.29, 0.717) is 6.61 Å². The van der Waals surface area contributed by atoms with Gasteiger partial charge in [0.25, 0.3) is 0 Å². The molecule has 0 radical (unpaired) electrons. The van der Waals surface area contributed by atoms with Gasteiger partial charge in [0, 0.05) is 10.7 Å². The Labute approximate surface area is 134 Å². The van der Waals surface area contributed by atoms with Crippen molar-refractivity contribution < 1.29 is 4.74 Å². The summed E-state index contributed by atoms with van der Waals surface area (Å²) in [7, 11) is 1.95. The van der Waals surface area contributed by atoms with E-state index in [4.69, 9.17) is 4.74 Å². The Morgan fingerprint density at radius 1 is 1.29 bits per heavy atom. The van der Waals surface area contributed by atoms with E-state index < -0.39 is 0 Å². The van der Waals surface area contributed by atoms with Gasteiger partial charge in [0.1, 0.15) is 5.75 Å². The highest BCUT2D eigenvalue weighted by Gasteiger charge is 2.16. The lowest BCUT2D eigenvalue weighted by Gasteiger charge is -2.19. The lowest BCUT2D eigenvalue weighted by Crippen LogP contribution is -2.18. The van der Waals surface area contributed by atoms with Gasteiger partial charge in [-0.25, -0.2) is 0 Å². The van der Waals surface area contributed by atoms with Crippen molar-refractivity contribution >= 4 is 15.9 Å². The maximum Gasteiger partial charge on any atom is 0.137 e. The van der Waals surface area contributed by atoms with Crippen LogP contribution in [0.2, 0.25) is 0 Å². The summed E-state index contributed by atoms with van der Waals surface area (Å²) < 4.78 is 6.77. The number of hydrogen-bond acceptors (Lipinski definition) is 3. The number of nitrogens with zero attached hydrogens (tertiary/aromatic N) is 1. The highest BCUT2D eigenvalue weighted by atomic mass is 79.9. The average molecular weight is 349 g/mol. The fourth-order valence-corrected chi connectivity index (χ4v) is 2.98. The van der Waals surface area contributed by atoms with Gasteiger partial charge in [0.15, 0.2) is 0 Å². The number of pyridine rings is 1. The molecule has 0 fully saturated rings. The number of aryl methyl sites for hydroxylation is 1. The zero-order valence-corrected chi connectivity index (χ0v) is 14.3. The summed E-state index contributed by atoms with van der Waals surface area (Å²) in [6, 6.07) is 8.52. The Balaban J connectivity index is 2.32. The van der Waals surface area contributed by atoms with Crippen molar-refractivity contribution in [3.63, 3.8) is 0 Å². The molecule has 0 aliphatic rings. The van der Waals surface area contributed by atoms with Crippen LogP contribution in [0.5, 0.6) is 5.75 Å². The molecule has 1 aromatic carbocycles. The number of halogens is 1. The van der Waals surface area contributed by atoms with Crippen LogP contribution in [0.4, 0.5) is 0 Å². The number of aromatic nitrogens is 1. The molecule has 0 amide bonds. The van der Waals surface area contributed by atoms with Gasteiger partial charge in [0.2, 0.25) is 0 Å². The number of hydrogen-bond donors (Lipinski definition) is 1. The molecule has 1 heterocycles. The van der Waals surface area contributed by atoms with Crippen LogP contribution in [-0.2, 0) is 0 Å². The van der Waals surface area contributed by atoms with Crippen LogP contribution in [0.1, 0.15) is 36.1 Å². The van der Waals surface area contributed by atoms with Gasteiger partial charge in [0.05, 0.1) is 18.8 Å².